The van der Waals surface area contributed by atoms with Gasteiger partial charge in [0.05, 0.1) is 13.2 Å². The molecule has 1 aromatic rings. The summed E-state index contributed by atoms with van der Waals surface area (Å²) in [6.45, 7) is 6.85. The van der Waals surface area contributed by atoms with Crippen molar-refractivity contribution in [3.63, 3.8) is 0 Å². The van der Waals surface area contributed by atoms with Crippen LogP contribution in [0.1, 0.15) is 58.4 Å². The number of Topliss-reactive ketones (excluding diaryl/α,β-unsaturated/α-hetero) is 1. The Morgan fingerprint density at radius 1 is 1.20 bits per heavy atom. The molecule has 7 heteroatoms. The summed E-state index contributed by atoms with van der Waals surface area (Å²) in [6, 6.07) is 3.13. The van der Waals surface area contributed by atoms with Crippen LogP contribution in [0.5, 0.6) is 11.5 Å². The highest BCUT2D eigenvalue weighted by atomic mass is 19.1. The van der Waals surface area contributed by atoms with E-state index in [1.54, 1.807) is 26.2 Å². The first kappa shape index (κ1) is 25.4. The molecule has 0 bridgehead atoms. The Labute approximate surface area is 206 Å². The first-order chi connectivity index (χ1) is 16.8. The van der Waals surface area contributed by atoms with E-state index < -0.39 is 11.8 Å². The maximum Gasteiger partial charge on any atom is 0.341 e. The number of ether oxygens (including phenoxy) is 4. The Morgan fingerprint density at radius 2 is 1.97 bits per heavy atom. The Kier molecular flexibility index (Phi) is 7.95. The fraction of sp³-hybridized carbons (Fsp3) is 0.571. The van der Waals surface area contributed by atoms with Gasteiger partial charge in [-0.25, -0.2) is 9.18 Å². The van der Waals surface area contributed by atoms with Crippen LogP contribution in [0.4, 0.5) is 4.39 Å². The van der Waals surface area contributed by atoms with Gasteiger partial charge in [0.25, 0.3) is 0 Å². The molecular formula is C28H35FO6. The number of hydrogen-bond acceptors (Lipinski definition) is 6. The maximum absolute atomic E-state index is 15.2. The smallest absolute Gasteiger partial charge is 0.341 e. The molecule has 4 rings (SSSR count). The van der Waals surface area contributed by atoms with Crippen molar-refractivity contribution in [3.8, 4) is 11.5 Å². The summed E-state index contributed by atoms with van der Waals surface area (Å²) in [6.07, 6.45) is 4.95. The highest BCUT2D eigenvalue weighted by Gasteiger charge is 2.42. The lowest BCUT2D eigenvalue weighted by atomic mass is 9.75. The van der Waals surface area contributed by atoms with Gasteiger partial charge in [-0.2, -0.15) is 0 Å². The van der Waals surface area contributed by atoms with Crippen LogP contribution < -0.4 is 9.47 Å². The van der Waals surface area contributed by atoms with Crippen molar-refractivity contribution in [1.82, 2.24) is 0 Å². The topological polar surface area (TPSA) is 71.1 Å². The fourth-order valence-corrected chi connectivity index (χ4v) is 5.07. The molecule has 2 unspecified atom stereocenters. The second kappa shape index (κ2) is 10.9. The van der Waals surface area contributed by atoms with Gasteiger partial charge in [-0.1, -0.05) is 13.8 Å². The number of allylic oxidation sites excluding steroid dienone is 1. The zero-order valence-corrected chi connectivity index (χ0v) is 21.0. The van der Waals surface area contributed by atoms with Gasteiger partial charge in [-0.05, 0) is 67.2 Å². The number of carbonyl (C=O) groups is 2. The van der Waals surface area contributed by atoms with E-state index in [4.69, 9.17) is 18.9 Å². The molecule has 35 heavy (non-hydrogen) atoms. The van der Waals surface area contributed by atoms with Crippen molar-refractivity contribution in [2.75, 3.05) is 26.9 Å². The van der Waals surface area contributed by atoms with Gasteiger partial charge < -0.3 is 18.9 Å². The number of methoxy groups -OCH3 is 1. The Hall–Kier alpha value is -2.67. The van der Waals surface area contributed by atoms with Crippen molar-refractivity contribution >= 4 is 17.3 Å². The standard InChI is InChI=1S/C28H35FO6/c1-5-33-28(31)19-13-21-26(18(17-7-8-17)9-10-23(19)30)20-14-22(29)25(34-12-6-11-32-4)15-24(20)35-27(21)16(2)3/h13-18,27H,5-12H2,1-4H3/b19-13+. The summed E-state index contributed by atoms with van der Waals surface area (Å²) in [4.78, 5) is 25.7. The van der Waals surface area contributed by atoms with Gasteiger partial charge in [-0.3, -0.25) is 4.79 Å². The molecule has 0 aromatic heterocycles. The van der Waals surface area contributed by atoms with Crippen LogP contribution in [0.3, 0.4) is 0 Å². The molecule has 0 N–H and O–H groups in total. The number of fused-ring (bicyclic) bond motifs is 2. The zero-order valence-electron chi connectivity index (χ0n) is 21.0. The normalized spacial score (nSPS) is 23.5. The Bertz CT molecular complexity index is 1040. The van der Waals surface area contributed by atoms with E-state index in [1.165, 1.54) is 6.07 Å². The monoisotopic (exact) mass is 486 g/mol. The predicted octanol–water partition coefficient (Wildman–Crippen LogP) is 5.29. The van der Waals surface area contributed by atoms with Crippen molar-refractivity contribution in [1.29, 1.82) is 0 Å². The summed E-state index contributed by atoms with van der Waals surface area (Å²) in [5, 5.41) is 0. The van der Waals surface area contributed by atoms with E-state index in [1.807, 2.05) is 13.8 Å². The summed E-state index contributed by atoms with van der Waals surface area (Å²) < 4.78 is 37.6. The van der Waals surface area contributed by atoms with Crippen molar-refractivity contribution in [2.45, 2.75) is 59.0 Å². The molecule has 1 fully saturated rings. The summed E-state index contributed by atoms with van der Waals surface area (Å²) in [5.74, 6) is 0.0453. The van der Waals surface area contributed by atoms with Gasteiger partial charge in [0.15, 0.2) is 17.3 Å². The molecule has 0 spiro atoms. The van der Waals surface area contributed by atoms with E-state index >= 15 is 4.39 Å². The third-order valence-electron chi connectivity index (χ3n) is 6.89. The summed E-state index contributed by atoms with van der Waals surface area (Å²) >= 11 is 0. The van der Waals surface area contributed by atoms with Crippen LogP contribution in [-0.2, 0) is 19.1 Å². The van der Waals surface area contributed by atoms with E-state index in [9.17, 15) is 9.59 Å². The molecule has 0 radical (unpaired) electrons. The minimum Gasteiger partial charge on any atom is -0.490 e. The van der Waals surface area contributed by atoms with Gasteiger partial charge in [0.1, 0.15) is 17.4 Å². The van der Waals surface area contributed by atoms with Gasteiger partial charge in [0, 0.05) is 38.2 Å². The van der Waals surface area contributed by atoms with Crippen molar-refractivity contribution in [3.05, 3.63) is 40.7 Å². The van der Waals surface area contributed by atoms with Crippen molar-refractivity contribution in [2.24, 2.45) is 17.8 Å². The number of hydrogen-bond donors (Lipinski definition) is 0. The van der Waals surface area contributed by atoms with Gasteiger partial charge in [0.2, 0.25) is 0 Å². The van der Waals surface area contributed by atoms with Crippen molar-refractivity contribution < 1.29 is 32.9 Å². The molecule has 2 atom stereocenters. The molecule has 1 saturated carbocycles. The molecule has 3 aliphatic rings. The molecule has 1 aromatic carbocycles. The summed E-state index contributed by atoms with van der Waals surface area (Å²) in [5.41, 5.74) is 2.51. The largest absolute Gasteiger partial charge is 0.490 e. The average Bonchev–Trinajstić information content (AvgIpc) is 3.65. The molecule has 6 nitrogen and oxygen atoms in total. The lowest BCUT2D eigenvalue weighted by Crippen LogP contribution is -2.33. The fourth-order valence-electron chi connectivity index (χ4n) is 5.07. The number of benzene rings is 1. The SMILES string of the molecule is CCOC(=O)/C1=C/C2=C(c3cc(F)c(OCCCOC)cc3OC2C(C)C)C(C2CC2)CCC1=O. The van der Waals surface area contributed by atoms with Crippen LogP contribution in [0, 0.1) is 23.6 Å². The molecule has 2 aliphatic carbocycles. The third kappa shape index (κ3) is 5.45. The average molecular weight is 487 g/mol. The maximum atomic E-state index is 15.2. The van der Waals surface area contributed by atoms with E-state index in [0.29, 0.717) is 43.3 Å². The minimum absolute atomic E-state index is 0.0462. The quantitative estimate of drug-likeness (QED) is 0.268. The van der Waals surface area contributed by atoms with Crippen LogP contribution in [-0.4, -0.2) is 44.8 Å². The van der Waals surface area contributed by atoms with E-state index in [2.05, 4.69) is 0 Å². The second-order valence-corrected chi connectivity index (χ2v) is 9.81. The molecular weight excluding hydrogens is 451 g/mol. The lowest BCUT2D eigenvalue weighted by molar-refractivity contribution is -0.140. The minimum atomic E-state index is -0.617. The number of esters is 1. The molecule has 1 aliphatic heterocycles. The van der Waals surface area contributed by atoms with Gasteiger partial charge >= 0.3 is 5.97 Å². The Balaban J connectivity index is 1.85. The number of carbonyl (C=O) groups excluding carboxylic acids is 2. The first-order valence-corrected chi connectivity index (χ1v) is 12.6. The van der Waals surface area contributed by atoms with Crippen LogP contribution in [0.15, 0.2) is 29.4 Å². The second-order valence-electron chi connectivity index (χ2n) is 9.81. The van der Waals surface area contributed by atoms with Crippen LogP contribution in [0.25, 0.3) is 5.57 Å². The van der Waals surface area contributed by atoms with Crippen LogP contribution in [0.2, 0.25) is 0 Å². The van der Waals surface area contributed by atoms with Crippen LogP contribution >= 0.6 is 0 Å². The molecule has 1 heterocycles. The molecule has 190 valence electrons. The molecule has 0 amide bonds. The highest BCUT2D eigenvalue weighted by molar-refractivity contribution is 6.18. The number of halogens is 1. The van der Waals surface area contributed by atoms with Gasteiger partial charge in [-0.15, -0.1) is 0 Å². The summed E-state index contributed by atoms with van der Waals surface area (Å²) in [7, 11) is 1.62. The molecule has 0 saturated heterocycles. The van der Waals surface area contributed by atoms with E-state index in [0.717, 1.165) is 24.0 Å². The highest BCUT2D eigenvalue weighted by Crippen LogP contribution is 2.53. The number of rotatable bonds is 9. The Morgan fingerprint density at radius 3 is 2.63 bits per heavy atom. The third-order valence-corrected chi connectivity index (χ3v) is 6.89. The first-order valence-electron chi connectivity index (χ1n) is 12.6. The number of ketones is 1. The predicted molar refractivity (Wildman–Crippen MR) is 130 cm³/mol. The lowest BCUT2D eigenvalue weighted by Gasteiger charge is -2.37. The zero-order chi connectivity index (χ0) is 25.1. The van der Waals surface area contributed by atoms with E-state index in [-0.39, 0.29) is 48.1 Å².